The highest BCUT2D eigenvalue weighted by molar-refractivity contribution is 4.92. The van der Waals surface area contributed by atoms with Crippen molar-refractivity contribution in [3.63, 3.8) is 0 Å². The molecule has 0 aromatic rings. The quantitative estimate of drug-likeness (QED) is 0.623. The highest BCUT2D eigenvalue weighted by Crippen LogP contribution is 2.48. The van der Waals surface area contributed by atoms with E-state index < -0.39 is 0 Å². The molecule has 0 aromatic carbocycles. The molecule has 1 N–H and O–H groups in total. The van der Waals surface area contributed by atoms with E-state index in [1.54, 1.807) is 0 Å². The van der Waals surface area contributed by atoms with Gasteiger partial charge in [0.15, 0.2) is 0 Å². The van der Waals surface area contributed by atoms with Crippen LogP contribution in [-0.4, -0.2) is 12.6 Å². The smallest absolute Gasteiger partial charge is 0.00645 e. The van der Waals surface area contributed by atoms with E-state index in [1.807, 2.05) is 0 Å². The Kier molecular flexibility index (Phi) is 4.69. The van der Waals surface area contributed by atoms with Crippen molar-refractivity contribution in [2.75, 3.05) is 6.54 Å². The number of hydrogen-bond acceptors (Lipinski definition) is 1. The van der Waals surface area contributed by atoms with Gasteiger partial charge in [-0.1, -0.05) is 26.7 Å². The summed E-state index contributed by atoms with van der Waals surface area (Å²) in [7, 11) is 0. The van der Waals surface area contributed by atoms with Gasteiger partial charge in [0.05, 0.1) is 0 Å². The molecular formula is C15H29N. The van der Waals surface area contributed by atoms with Crippen molar-refractivity contribution in [1.82, 2.24) is 5.32 Å². The number of nitrogens with one attached hydrogen (secondary N) is 1. The highest BCUT2D eigenvalue weighted by atomic mass is 14.9. The first-order chi connectivity index (χ1) is 7.85. The van der Waals surface area contributed by atoms with Crippen LogP contribution in [0.1, 0.15) is 65.2 Å². The molecule has 1 heteroatoms. The molecule has 2 fully saturated rings. The summed E-state index contributed by atoms with van der Waals surface area (Å²) in [6, 6.07) is 0.792. The predicted octanol–water partition coefficient (Wildman–Crippen LogP) is 3.98. The zero-order valence-corrected chi connectivity index (χ0v) is 11.2. The lowest BCUT2D eigenvalue weighted by atomic mass is 9.97. The molecule has 0 aromatic heterocycles. The monoisotopic (exact) mass is 223 g/mol. The Labute approximate surface area is 101 Å². The Balaban J connectivity index is 1.66. The summed E-state index contributed by atoms with van der Waals surface area (Å²) in [4.78, 5) is 0. The van der Waals surface area contributed by atoms with Crippen molar-refractivity contribution in [1.29, 1.82) is 0 Å². The maximum absolute atomic E-state index is 3.85. The van der Waals surface area contributed by atoms with E-state index in [9.17, 15) is 0 Å². The fraction of sp³-hybridized carbons (Fsp3) is 1.00. The summed E-state index contributed by atoms with van der Waals surface area (Å²) in [5.41, 5.74) is 0. The summed E-state index contributed by atoms with van der Waals surface area (Å²) in [5.74, 6) is 3.24. The molecule has 0 radical (unpaired) electrons. The fourth-order valence-electron chi connectivity index (χ4n) is 2.97. The molecular weight excluding hydrogens is 194 g/mol. The normalized spacial score (nSPS) is 22.7. The molecule has 16 heavy (non-hydrogen) atoms. The third-order valence-electron chi connectivity index (χ3n) is 4.50. The van der Waals surface area contributed by atoms with Crippen molar-refractivity contribution in [2.45, 2.75) is 71.3 Å². The van der Waals surface area contributed by atoms with Gasteiger partial charge in [-0.25, -0.2) is 0 Å². The minimum Gasteiger partial charge on any atom is -0.314 e. The second kappa shape index (κ2) is 6.05. The van der Waals surface area contributed by atoms with Gasteiger partial charge >= 0.3 is 0 Å². The van der Waals surface area contributed by atoms with E-state index in [0.29, 0.717) is 0 Å². The predicted molar refractivity (Wildman–Crippen MR) is 70.5 cm³/mol. The van der Waals surface area contributed by atoms with Gasteiger partial charge in [0.25, 0.3) is 0 Å². The van der Waals surface area contributed by atoms with Gasteiger partial charge < -0.3 is 5.32 Å². The highest BCUT2D eigenvalue weighted by Gasteiger charge is 2.40. The summed E-state index contributed by atoms with van der Waals surface area (Å²) < 4.78 is 0. The molecule has 1 nitrogen and oxygen atoms in total. The second-order valence-corrected chi connectivity index (χ2v) is 5.99. The van der Waals surface area contributed by atoms with Crippen LogP contribution < -0.4 is 5.32 Å². The number of unbranched alkanes of at least 4 members (excludes halogenated alkanes) is 1. The van der Waals surface area contributed by atoms with Gasteiger partial charge in [-0.15, -0.1) is 0 Å². The maximum Gasteiger partial charge on any atom is 0.00645 e. The molecule has 0 aliphatic heterocycles. The topological polar surface area (TPSA) is 12.0 Å². The molecule has 0 saturated heterocycles. The Morgan fingerprint density at radius 1 is 1.06 bits per heavy atom. The molecule has 1 unspecified atom stereocenters. The van der Waals surface area contributed by atoms with Gasteiger partial charge in [0, 0.05) is 6.04 Å². The molecule has 2 saturated carbocycles. The fourth-order valence-corrected chi connectivity index (χ4v) is 2.97. The summed E-state index contributed by atoms with van der Waals surface area (Å²) in [6.45, 7) is 5.94. The van der Waals surface area contributed by atoms with Crippen LogP contribution in [0.3, 0.4) is 0 Å². The van der Waals surface area contributed by atoms with Crippen molar-refractivity contribution in [2.24, 2.45) is 17.8 Å². The number of hydrogen-bond donors (Lipinski definition) is 1. The molecule has 0 heterocycles. The lowest BCUT2D eigenvalue weighted by molar-refractivity contribution is 0.340. The molecule has 1 atom stereocenters. The SMILES string of the molecule is CCCCC(CC)NCC(C1CC1)C1CC1. The van der Waals surface area contributed by atoms with Crippen LogP contribution in [0.25, 0.3) is 0 Å². The Bertz CT molecular complexity index is 182. The summed E-state index contributed by atoms with van der Waals surface area (Å²) in [6.07, 6.45) is 11.5. The van der Waals surface area contributed by atoms with E-state index in [1.165, 1.54) is 57.9 Å². The molecule has 2 aliphatic carbocycles. The van der Waals surface area contributed by atoms with Crippen LogP contribution in [0.2, 0.25) is 0 Å². The van der Waals surface area contributed by atoms with Gasteiger partial charge in [0.1, 0.15) is 0 Å². The third kappa shape index (κ3) is 3.76. The van der Waals surface area contributed by atoms with Crippen LogP contribution >= 0.6 is 0 Å². The van der Waals surface area contributed by atoms with Gasteiger partial charge in [-0.2, -0.15) is 0 Å². The van der Waals surface area contributed by atoms with Crippen LogP contribution in [0, 0.1) is 17.8 Å². The number of rotatable bonds is 9. The van der Waals surface area contributed by atoms with E-state index in [4.69, 9.17) is 0 Å². The minimum absolute atomic E-state index is 0.792. The van der Waals surface area contributed by atoms with Crippen molar-refractivity contribution >= 4 is 0 Å². The van der Waals surface area contributed by atoms with Crippen molar-refractivity contribution in [3.8, 4) is 0 Å². The van der Waals surface area contributed by atoms with Gasteiger partial charge in [0.2, 0.25) is 0 Å². The Hall–Kier alpha value is -0.0400. The van der Waals surface area contributed by atoms with Crippen LogP contribution in [0.5, 0.6) is 0 Å². The first kappa shape index (κ1) is 12.4. The Morgan fingerprint density at radius 3 is 2.12 bits per heavy atom. The van der Waals surface area contributed by atoms with E-state index in [2.05, 4.69) is 19.2 Å². The molecule has 0 bridgehead atoms. The maximum atomic E-state index is 3.85. The average Bonchev–Trinajstić information content (AvgIpc) is 3.16. The molecule has 94 valence electrons. The molecule has 2 rings (SSSR count). The average molecular weight is 223 g/mol. The van der Waals surface area contributed by atoms with Crippen molar-refractivity contribution in [3.05, 3.63) is 0 Å². The second-order valence-electron chi connectivity index (χ2n) is 5.99. The van der Waals surface area contributed by atoms with Crippen molar-refractivity contribution < 1.29 is 0 Å². The van der Waals surface area contributed by atoms with E-state index >= 15 is 0 Å². The molecule has 2 aliphatic rings. The van der Waals surface area contributed by atoms with E-state index in [0.717, 1.165) is 23.8 Å². The minimum atomic E-state index is 0.792. The molecule has 0 amide bonds. The van der Waals surface area contributed by atoms with Gasteiger partial charge in [-0.3, -0.25) is 0 Å². The standard InChI is InChI=1S/C15H29N/c1-3-5-6-14(4-2)16-11-15(12-7-8-12)13-9-10-13/h12-16H,3-11H2,1-2H3. The summed E-state index contributed by atoms with van der Waals surface area (Å²) in [5, 5.41) is 3.85. The summed E-state index contributed by atoms with van der Waals surface area (Å²) >= 11 is 0. The van der Waals surface area contributed by atoms with Crippen LogP contribution in [0.15, 0.2) is 0 Å². The largest absolute Gasteiger partial charge is 0.314 e. The first-order valence-electron chi connectivity index (χ1n) is 7.58. The van der Waals surface area contributed by atoms with Crippen LogP contribution in [0.4, 0.5) is 0 Å². The Morgan fingerprint density at radius 2 is 1.69 bits per heavy atom. The lowest BCUT2D eigenvalue weighted by Gasteiger charge is -2.22. The van der Waals surface area contributed by atoms with Crippen LogP contribution in [-0.2, 0) is 0 Å². The lowest BCUT2D eigenvalue weighted by Crippen LogP contribution is -2.34. The van der Waals surface area contributed by atoms with Gasteiger partial charge in [-0.05, 0) is 62.8 Å². The zero-order valence-electron chi connectivity index (χ0n) is 11.2. The zero-order chi connectivity index (χ0) is 11.4. The van der Waals surface area contributed by atoms with E-state index in [-0.39, 0.29) is 0 Å². The first-order valence-corrected chi connectivity index (χ1v) is 7.58. The third-order valence-corrected chi connectivity index (χ3v) is 4.50. The molecule has 0 spiro atoms.